The quantitative estimate of drug-likeness (QED) is 0.699. The van der Waals surface area contributed by atoms with Gasteiger partial charge in [0.2, 0.25) is 0 Å². The van der Waals surface area contributed by atoms with E-state index >= 15 is 0 Å². The smallest absolute Gasteiger partial charge is 0.404 e. The third-order valence-corrected chi connectivity index (χ3v) is 1.54. The van der Waals surface area contributed by atoms with E-state index in [9.17, 15) is 9.90 Å². The molecule has 0 aliphatic rings. The fourth-order valence-corrected chi connectivity index (χ4v) is 1.10. The molecule has 0 aromatic heterocycles. The maximum atomic E-state index is 10.2. The second kappa shape index (κ2) is 5.07. The summed E-state index contributed by atoms with van der Waals surface area (Å²) in [6.07, 6.45) is -0.0858. The summed E-state index contributed by atoms with van der Waals surface area (Å²) in [5, 5.41) is 9.47. The highest BCUT2D eigenvalue weighted by molar-refractivity contribution is 5.64. The molecule has 13 heavy (non-hydrogen) atoms. The molecule has 0 spiro atoms. The lowest BCUT2D eigenvalue weighted by Crippen LogP contribution is -2.21. The van der Waals surface area contributed by atoms with Crippen molar-refractivity contribution in [2.45, 2.75) is 39.7 Å². The lowest BCUT2D eigenvalue weighted by atomic mass is 9.88. The summed E-state index contributed by atoms with van der Waals surface area (Å²) in [6.45, 7) is 6.33. The van der Waals surface area contributed by atoms with Crippen molar-refractivity contribution < 1.29 is 14.6 Å². The Balaban J connectivity index is 3.52. The highest BCUT2D eigenvalue weighted by Crippen LogP contribution is 2.21. The van der Waals surface area contributed by atoms with E-state index in [0.29, 0.717) is 12.8 Å². The number of ether oxygens (including phenoxy) is 1. The zero-order valence-corrected chi connectivity index (χ0v) is 8.54. The van der Waals surface area contributed by atoms with Crippen molar-refractivity contribution in [3.05, 3.63) is 0 Å². The van der Waals surface area contributed by atoms with E-state index in [1.807, 2.05) is 20.8 Å². The summed E-state index contributed by atoms with van der Waals surface area (Å²) in [6, 6.07) is 0. The molecule has 3 N–H and O–H groups in total. The highest BCUT2D eigenvalue weighted by atomic mass is 16.5. The van der Waals surface area contributed by atoms with Crippen LogP contribution in [0.2, 0.25) is 0 Å². The van der Waals surface area contributed by atoms with Gasteiger partial charge < -0.3 is 15.6 Å². The summed E-state index contributed by atoms with van der Waals surface area (Å²) in [4.78, 5) is 10.2. The highest BCUT2D eigenvalue weighted by Gasteiger charge is 2.16. The van der Waals surface area contributed by atoms with Crippen molar-refractivity contribution in [3.8, 4) is 0 Å². The molecule has 0 aromatic rings. The van der Waals surface area contributed by atoms with Crippen LogP contribution in [0.3, 0.4) is 0 Å². The number of nitrogens with two attached hydrogens (primary N) is 1. The number of hydrogen-bond donors (Lipinski definition) is 2. The molecule has 1 atom stereocenters. The molecule has 0 rings (SSSR count). The fraction of sp³-hybridized carbons (Fsp3) is 0.889. The van der Waals surface area contributed by atoms with Gasteiger partial charge in [0.15, 0.2) is 0 Å². The maximum Gasteiger partial charge on any atom is 0.404 e. The molecule has 0 aliphatic heterocycles. The lowest BCUT2D eigenvalue weighted by molar-refractivity contribution is 0.0828. The monoisotopic (exact) mass is 189 g/mol. The van der Waals surface area contributed by atoms with Crippen molar-refractivity contribution in [3.63, 3.8) is 0 Å². The second-order valence-electron chi connectivity index (χ2n) is 4.37. The van der Waals surface area contributed by atoms with Crippen molar-refractivity contribution in [1.82, 2.24) is 0 Å². The Morgan fingerprint density at radius 2 is 2.08 bits per heavy atom. The first-order valence-corrected chi connectivity index (χ1v) is 4.41. The summed E-state index contributed by atoms with van der Waals surface area (Å²) in [7, 11) is 0. The Morgan fingerprint density at radius 1 is 1.54 bits per heavy atom. The normalized spacial score (nSPS) is 13.8. The molecule has 0 saturated carbocycles. The minimum Gasteiger partial charge on any atom is -0.450 e. The summed E-state index contributed by atoms with van der Waals surface area (Å²) < 4.78 is 4.51. The fourth-order valence-electron chi connectivity index (χ4n) is 1.10. The maximum absolute atomic E-state index is 10.2. The van der Waals surface area contributed by atoms with Gasteiger partial charge in [0, 0.05) is 6.42 Å². The molecule has 0 aromatic carbocycles. The predicted molar refractivity (Wildman–Crippen MR) is 50.2 cm³/mol. The van der Waals surface area contributed by atoms with Crippen molar-refractivity contribution >= 4 is 6.09 Å². The summed E-state index contributed by atoms with van der Waals surface area (Å²) in [5.74, 6) is 0. The van der Waals surface area contributed by atoms with E-state index in [1.165, 1.54) is 0 Å². The van der Waals surface area contributed by atoms with Crippen LogP contribution >= 0.6 is 0 Å². The van der Waals surface area contributed by atoms with Crippen LogP contribution in [0, 0.1) is 5.41 Å². The minimum absolute atomic E-state index is 0.0894. The Morgan fingerprint density at radius 3 is 2.46 bits per heavy atom. The van der Waals surface area contributed by atoms with Crippen LogP contribution in [0.25, 0.3) is 0 Å². The predicted octanol–water partition coefficient (Wildman–Crippen LogP) is 1.27. The van der Waals surface area contributed by atoms with Crippen LogP contribution in [-0.2, 0) is 4.74 Å². The Labute approximate surface area is 79.1 Å². The number of carbonyl (C=O) groups is 1. The first-order valence-electron chi connectivity index (χ1n) is 4.41. The third kappa shape index (κ3) is 9.14. The standard InChI is InChI=1S/C9H19NO3/c1-9(2,3)6-7(11)4-5-13-8(10)12/h7,11H,4-6H2,1-3H3,(H2,10,12). The van der Waals surface area contributed by atoms with E-state index < -0.39 is 12.2 Å². The topological polar surface area (TPSA) is 72.6 Å². The van der Waals surface area contributed by atoms with Crippen LogP contribution in [0.15, 0.2) is 0 Å². The zero-order valence-electron chi connectivity index (χ0n) is 8.54. The number of primary amides is 1. The van der Waals surface area contributed by atoms with E-state index in [0.717, 1.165) is 0 Å². The number of hydrogen-bond acceptors (Lipinski definition) is 3. The van der Waals surface area contributed by atoms with Gasteiger partial charge in [-0.3, -0.25) is 0 Å². The number of rotatable bonds is 4. The molecule has 4 heteroatoms. The molecule has 1 unspecified atom stereocenters. The van der Waals surface area contributed by atoms with Gasteiger partial charge >= 0.3 is 6.09 Å². The Hall–Kier alpha value is -0.770. The number of amides is 1. The molecule has 0 fully saturated rings. The average molecular weight is 189 g/mol. The van der Waals surface area contributed by atoms with Gasteiger partial charge in [0.25, 0.3) is 0 Å². The average Bonchev–Trinajstić information content (AvgIpc) is 1.81. The molecule has 0 radical (unpaired) electrons. The van der Waals surface area contributed by atoms with Gasteiger partial charge in [0.05, 0.1) is 12.7 Å². The first kappa shape index (κ1) is 12.2. The van der Waals surface area contributed by atoms with E-state index in [-0.39, 0.29) is 12.0 Å². The Kier molecular flexibility index (Phi) is 4.77. The zero-order chi connectivity index (χ0) is 10.5. The van der Waals surface area contributed by atoms with Gasteiger partial charge in [0.1, 0.15) is 0 Å². The van der Waals surface area contributed by atoms with Crippen LogP contribution in [-0.4, -0.2) is 23.9 Å². The van der Waals surface area contributed by atoms with Crippen LogP contribution in [0.4, 0.5) is 4.79 Å². The van der Waals surface area contributed by atoms with Gasteiger partial charge in [-0.1, -0.05) is 20.8 Å². The molecule has 78 valence electrons. The SMILES string of the molecule is CC(C)(C)CC(O)CCOC(N)=O. The van der Waals surface area contributed by atoms with Crippen LogP contribution in [0.5, 0.6) is 0 Å². The van der Waals surface area contributed by atoms with Gasteiger partial charge in [-0.05, 0) is 11.8 Å². The largest absolute Gasteiger partial charge is 0.450 e. The third-order valence-electron chi connectivity index (χ3n) is 1.54. The van der Waals surface area contributed by atoms with Crippen LogP contribution < -0.4 is 5.73 Å². The molecule has 0 heterocycles. The van der Waals surface area contributed by atoms with E-state index in [2.05, 4.69) is 4.74 Å². The molecular weight excluding hydrogens is 170 g/mol. The molecule has 0 saturated heterocycles. The van der Waals surface area contributed by atoms with Gasteiger partial charge in [-0.25, -0.2) is 4.79 Å². The second-order valence-corrected chi connectivity index (χ2v) is 4.37. The first-order chi connectivity index (χ1) is 5.81. The number of carbonyl (C=O) groups excluding carboxylic acids is 1. The minimum atomic E-state index is -0.789. The van der Waals surface area contributed by atoms with E-state index in [1.54, 1.807) is 0 Å². The number of aliphatic hydroxyl groups is 1. The van der Waals surface area contributed by atoms with Crippen molar-refractivity contribution in [2.75, 3.05) is 6.61 Å². The molecule has 4 nitrogen and oxygen atoms in total. The van der Waals surface area contributed by atoms with Gasteiger partial charge in [-0.15, -0.1) is 0 Å². The summed E-state index contributed by atoms with van der Waals surface area (Å²) in [5.41, 5.74) is 4.85. The van der Waals surface area contributed by atoms with Crippen molar-refractivity contribution in [2.24, 2.45) is 11.1 Å². The lowest BCUT2D eigenvalue weighted by Gasteiger charge is -2.21. The molecule has 0 bridgehead atoms. The molecule has 0 aliphatic carbocycles. The van der Waals surface area contributed by atoms with Crippen molar-refractivity contribution in [1.29, 1.82) is 0 Å². The van der Waals surface area contributed by atoms with Gasteiger partial charge in [-0.2, -0.15) is 0 Å². The molecular formula is C9H19NO3. The number of aliphatic hydroxyl groups excluding tert-OH is 1. The van der Waals surface area contributed by atoms with Crippen LogP contribution in [0.1, 0.15) is 33.6 Å². The summed E-state index contributed by atoms with van der Waals surface area (Å²) >= 11 is 0. The molecule has 1 amide bonds. The Bertz CT molecular complexity index is 163. The van der Waals surface area contributed by atoms with E-state index in [4.69, 9.17) is 5.73 Å².